The summed E-state index contributed by atoms with van der Waals surface area (Å²) in [5, 5.41) is 0.461. The number of ether oxygens (including phenoxy) is 2. The van der Waals surface area contributed by atoms with Gasteiger partial charge in [0.2, 0.25) is 6.79 Å². The molecule has 0 saturated heterocycles. The normalized spacial score (nSPS) is 13.7. The third kappa shape index (κ3) is 2.15. The third-order valence-electron chi connectivity index (χ3n) is 3.32. The molecule has 0 bridgehead atoms. The van der Waals surface area contributed by atoms with Gasteiger partial charge in [0.25, 0.3) is 0 Å². The number of halogens is 1. The van der Waals surface area contributed by atoms with Gasteiger partial charge in [-0.15, -0.1) is 0 Å². The first-order valence-corrected chi connectivity index (χ1v) is 6.90. The van der Waals surface area contributed by atoms with E-state index in [0.717, 1.165) is 5.56 Å². The van der Waals surface area contributed by atoms with Crippen molar-refractivity contribution in [2.24, 2.45) is 0 Å². The van der Waals surface area contributed by atoms with Gasteiger partial charge in [0.1, 0.15) is 11.5 Å². The van der Waals surface area contributed by atoms with Crippen LogP contribution in [-0.2, 0) is 5.41 Å². The molecule has 4 N–H and O–H groups in total. The molecular formula is C14H17ClN4O2. The highest BCUT2D eigenvalue weighted by Crippen LogP contribution is 2.43. The summed E-state index contributed by atoms with van der Waals surface area (Å²) in [5.74, 6) is 8.23. The zero-order chi connectivity index (χ0) is 15.4. The molecular weight excluding hydrogens is 292 g/mol. The molecule has 0 saturated carbocycles. The first kappa shape index (κ1) is 13.9. The lowest BCUT2D eigenvalue weighted by Gasteiger charge is -2.17. The summed E-state index contributed by atoms with van der Waals surface area (Å²) in [5.41, 5.74) is 7.20. The van der Waals surface area contributed by atoms with Crippen molar-refractivity contribution in [3.05, 3.63) is 23.0 Å². The number of hydrogen-bond donors (Lipinski definition) is 2. The summed E-state index contributed by atoms with van der Waals surface area (Å²) >= 11 is 6.20. The van der Waals surface area contributed by atoms with Crippen molar-refractivity contribution in [2.45, 2.75) is 26.2 Å². The summed E-state index contributed by atoms with van der Waals surface area (Å²) in [6.45, 7) is 6.23. The topological polar surface area (TPSA) is 88.3 Å². The molecule has 1 aromatic heterocycles. The van der Waals surface area contributed by atoms with E-state index in [1.165, 1.54) is 4.68 Å². The van der Waals surface area contributed by atoms with Gasteiger partial charge in [-0.25, -0.2) is 9.66 Å². The first-order valence-electron chi connectivity index (χ1n) is 6.52. The standard InChI is InChI=1S/C14H17ClN4O2/c1-14(2,3)13-18-10(12(16)19(13)17)7-4-8(15)11-9(5-7)20-6-21-11/h4-5H,6,16-17H2,1-3H3. The maximum absolute atomic E-state index is 6.20. The Bertz CT molecular complexity index is 719. The fraction of sp³-hybridized carbons (Fsp3) is 0.357. The quantitative estimate of drug-likeness (QED) is 0.790. The predicted molar refractivity (Wildman–Crippen MR) is 82.1 cm³/mol. The summed E-state index contributed by atoms with van der Waals surface area (Å²) in [6.07, 6.45) is 0. The molecule has 0 radical (unpaired) electrons. The molecule has 0 fully saturated rings. The highest BCUT2D eigenvalue weighted by atomic mass is 35.5. The molecule has 6 nitrogen and oxygen atoms in total. The van der Waals surface area contributed by atoms with E-state index in [1.807, 2.05) is 20.8 Å². The SMILES string of the molecule is CC(C)(C)c1nc(-c2cc(Cl)c3c(c2)OCO3)c(N)n1N. The molecule has 21 heavy (non-hydrogen) atoms. The van der Waals surface area contributed by atoms with Gasteiger partial charge < -0.3 is 21.1 Å². The van der Waals surface area contributed by atoms with Crippen molar-refractivity contribution in [3.63, 3.8) is 0 Å². The van der Waals surface area contributed by atoms with Crippen LogP contribution in [0, 0.1) is 0 Å². The van der Waals surface area contributed by atoms with Crippen LogP contribution < -0.4 is 21.1 Å². The lowest BCUT2D eigenvalue weighted by Crippen LogP contribution is -2.24. The van der Waals surface area contributed by atoms with Crippen LogP contribution >= 0.6 is 11.6 Å². The Morgan fingerprint density at radius 2 is 2.00 bits per heavy atom. The Balaban J connectivity index is 2.16. The van der Waals surface area contributed by atoms with Crippen LogP contribution in [0.5, 0.6) is 11.5 Å². The Morgan fingerprint density at radius 3 is 2.62 bits per heavy atom. The Kier molecular flexibility index (Phi) is 2.95. The van der Waals surface area contributed by atoms with Crippen LogP contribution in [-0.4, -0.2) is 16.5 Å². The van der Waals surface area contributed by atoms with Gasteiger partial charge in [-0.05, 0) is 12.1 Å². The van der Waals surface area contributed by atoms with E-state index in [2.05, 4.69) is 4.98 Å². The smallest absolute Gasteiger partial charge is 0.231 e. The number of nitrogen functional groups attached to an aromatic ring is 2. The molecule has 0 atom stereocenters. The van der Waals surface area contributed by atoms with Crippen LogP contribution in [0.2, 0.25) is 5.02 Å². The largest absolute Gasteiger partial charge is 0.454 e. The second kappa shape index (κ2) is 4.46. The molecule has 0 spiro atoms. The van der Waals surface area contributed by atoms with Gasteiger partial charge in [0.05, 0.1) is 5.02 Å². The zero-order valence-electron chi connectivity index (χ0n) is 12.1. The number of nitrogens with zero attached hydrogens (tertiary/aromatic N) is 2. The molecule has 1 aliphatic heterocycles. The lowest BCUT2D eigenvalue weighted by atomic mass is 9.96. The van der Waals surface area contributed by atoms with Gasteiger partial charge in [-0.3, -0.25) is 0 Å². The molecule has 112 valence electrons. The lowest BCUT2D eigenvalue weighted by molar-refractivity contribution is 0.174. The minimum Gasteiger partial charge on any atom is -0.454 e. The highest BCUT2D eigenvalue weighted by Gasteiger charge is 2.26. The van der Waals surface area contributed by atoms with Crippen molar-refractivity contribution < 1.29 is 9.47 Å². The molecule has 1 aromatic carbocycles. The van der Waals surface area contributed by atoms with Gasteiger partial charge in [0.15, 0.2) is 17.3 Å². The fourth-order valence-electron chi connectivity index (χ4n) is 2.29. The number of aromatic nitrogens is 2. The van der Waals surface area contributed by atoms with E-state index < -0.39 is 0 Å². The minimum atomic E-state index is -0.221. The van der Waals surface area contributed by atoms with Gasteiger partial charge in [-0.2, -0.15) is 0 Å². The van der Waals surface area contributed by atoms with Gasteiger partial charge >= 0.3 is 0 Å². The van der Waals surface area contributed by atoms with Crippen molar-refractivity contribution in [3.8, 4) is 22.8 Å². The summed E-state index contributed by atoms with van der Waals surface area (Å²) in [4.78, 5) is 4.58. The molecule has 2 heterocycles. The van der Waals surface area contributed by atoms with Crippen LogP contribution in [0.4, 0.5) is 5.82 Å². The molecule has 3 rings (SSSR count). The molecule has 2 aromatic rings. The number of hydrogen-bond acceptors (Lipinski definition) is 5. The fourth-order valence-corrected chi connectivity index (χ4v) is 2.56. The Morgan fingerprint density at radius 1 is 1.29 bits per heavy atom. The van der Waals surface area contributed by atoms with E-state index >= 15 is 0 Å². The molecule has 7 heteroatoms. The van der Waals surface area contributed by atoms with Crippen LogP contribution in [0.1, 0.15) is 26.6 Å². The van der Waals surface area contributed by atoms with E-state index in [-0.39, 0.29) is 12.2 Å². The monoisotopic (exact) mass is 308 g/mol. The third-order valence-corrected chi connectivity index (χ3v) is 3.60. The maximum atomic E-state index is 6.20. The average molecular weight is 309 g/mol. The number of rotatable bonds is 1. The molecule has 0 aliphatic carbocycles. The number of benzene rings is 1. The average Bonchev–Trinajstić information content (AvgIpc) is 2.95. The first-order chi connectivity index (χ1) is 9.79. The molecule has 0 unspecified atom stereocenters. The highest BCUT2D eigenvalue weighted by molar-refractivity contribution is 6.32. The number of anilines is 1. The van der Waals surface area contributed by atoms with E-state index in [1.54, 1.807) is 12.1 Å². The minimum absolute atomic E-state index is 0.159. The zero-order valence-corrected chi connectivity index (χ0v) is 12.9. The van der Waals surface area contributed by atoms with E-state index in [0.29, 0.717) is 33.9 Å². The molecule has 1 aliphatic rings. The number of nitrogens with two attached hydrogens (primary N) is 2. The number of fused-ring (bicyclic) bond motifs is 1. The summed E-state index contributed by atoms with van der Waals surface area (Å²) < 4.78 is 12.1. The van der Waals surface area contributed by atoms with E-state index in [9.17, 15) is 0 Å². The van der Waals surface area contributed by atoms with Crippen LogP contribution in [0.25, 0.3) is 11.3 Å². The number of imidazole rings is 1. The van der Waals surface area contributed by atoms with Gasteiger partial charge in [0, 0.05) is 11.0 Å². The van der Waals surface area contributed by atoms with Crippen molar-refractivity contribution in [1.29, 1.82) is 0 Å². The Hall–Kier alpha value is -2.08. The summed E-state index contributed by atoms with van der Waals surface area (Å²) in [7, 11) is 0. The van der Waals surface area contributed by atoms with Crippen LogP contribution in [0.15, 0.2) is 12.1 Å². The Labute approximate surface area is 127 Å². The van der Waals surface area contributed by atoms with E-state index in [4.69, 9.17) is 32.7 Å². The second-order valence-electron chi connectivity index (χ2n) is 5.98. The summed E-state index contributed by atoms with van der Waals surface area (Å²) in [6, 6.07) is 3.56. The van der Waals surface area contributed by atoms with Gasteiger partial charge in [-0.1, -0.05) is 32.4 Å². The van der Waals surface area contributed by atoms with Crippen molar-refractivity contribution in [1.82, 2.24) is 9.66 Å². The van der Waals surface area contributed by atoms with Crippen molar-refractivity contribution in [2.75, 3.05) is 18.4 Å². The van der Waals surface area contributed by atoms with Crippen LogP contribution in [0.3, 0.4) is 0 Å². The maximum Gasteiger partial charge on any atom is 0.231 e. The predicted octanol–water partition coefficient (Wildman–Crippen LogP) is 2.53. The second-order valence-corrected chi connectivity index (χ2v) is 6.39. The molecule has 0 amide bonds. The van der Waals surface area contributed by atoms with Crippen molar-refractivity contribution >= 4 is 17.4 Å².